The van der Waals surface area contributed by atoms with Crippen molar-refractivity contribution < 1.29 is 4.42 Å². The highest BCUT2D eigenvalue weighted by atomic mass is 35.5. The Bertz CT molecular complexity index is 224. The maximum Gasteiger partial charge on any atom is 0.193 e. The van der Waals surface area contributed by atoms with E-state index in [0.717, 1.165) is 0 Å². The monoisotopic (exact) mass is 174 g/mol. The van der Waals surface area contributed by atoms with Crippen LogP contribution in [0.15, 0.2) is 16.5 Å². The maximum absolute atomic E-state index is 5.70. The summed E-state index contributed by atoms with van der Waals surface area (Å²) >= 11 is 5.56. The molecule has 11 heavy (non-hydrogen) atoms. The van der Waals surface area contributed by atoms with Crippen LogP contribution in [-0.2, 0) is 0 Å². The molecule has 0 aliphatic carbocycles. The second-order valence-electron chi connectivity index (χ2n) is 2.31. The molecule has 0 saturated carbocycles. The largest absolute Gasteiger partial charge is 0.448 e. The summed E-state index contributed by atoms with van der Waals surface area (Å²) in [5.74, 6) is 0.712. The molecule has 0 aliphatic heterocycles. The molecule has 0 aromatic carbocycles. The van der Waals surface area contributed by atoms with Gasteiger partial charge in [-0.2, -0.15) is 0 Å². The van der Waals surface area contributed by atoms with E-state index < -0.39 is 0 Å². The van der Waals surface area contributed by atoms with Crippen LogP contribution < -0.4 is 11.1 Å². The zero-order chi connectivity index (χ0) is 8.27. The van der Waals surface area contributed by atoms with Gasteiger partial charge in [-0.3, -0.25) is 0 Å². The van der Waals surface area contributed by atoms with Crippen LogP contribution in [0.3, 0.4) is 0 Å². The molecule has 0 amide bonds. The Morgan fingerprint density at radius 1 is 1.73 bits per heavy atom. The second-order valence-corrected chi connectivity index (χ2v) is 2.68. The first kappa shape index (κ1) is 8.59. The molecule has 1 unspecified atom stereocenters. The minimum Gasteiger partial charge on any atom is -0.448 e. The second kappa shape index (κ2) is 3.76. The Morgan fingerprint density at radius 3 is 2.91 bits per heavy atom. The van der Waals surface area contributed by atoms with Crippen molar-refractivity contribution in [2.45, 2.75) is 6.04 Å². The Morgan fingerprint density at radius 2 is 2.45 bits per heavy atom. The van der Waals surface area contributed by atoms with Crippen LogP contribution in [0, 0.1) is 0 Å². The Kier molecular flexibility index (Phi) is 2.93. The third kappa shape index (κ3) is 2.22. The molecule has 0 spiro atoms. The van der Waals surface area contributed by atoms with Gasteiger partial charge in [0.2, 0.25) is 0 Å². The van der Waals surface area contributed by atoms with Gasteiger partial charge in [-0.15, -0.1) is 0 Å². The average molecular weight is 175 g/mol. The number of nitrogens with one attached hydrogen (secondary N) is 1. The number of furan rings is 1. The molecule has 3 N–H and O–H groups in total. The van der Waals surface area contributed by atoms with Crippen molar-refractivity contribution in [1.82, 2.24) is 5.32 Å². The van der Waals surface area contributed by atoms with Crippen LogP contribution in [0.1, 0.15) is 11.8 Å². The molecule has 0 radical (unpaired) electrons. The van der Waals surface area contributed by atoms with Crippen LogP contribution >= 0.6 is 11.6 Å². The Balaban J connectivity index is 2.60. The highest BCUT2D eigenvalue weighted by Gasteiger charge is 2.08. The van der Waals surface area contributed by atoms with Crippen LogP contribution in [0.5, 0.6) is 0 Å². The number of nitrogens with two attached hydrogens (primary N) is 1. The van der Waals surface area contributed by atoms with Crippen molar-refractivity contribution in [3.05, 3.63) is 23.1 Å². The van der Waals surface area contributed by atoms with Crippen molar-refractivity contribution >= 4 is 11.6 Å². The van der Waals surface area contributed by atoms with E-state index >= 15 is 0 Å². The summed E-state index contributed by atoms with van der Waals surface area (Å²) in [7, 11) is 1.84. The molecule has 4 heteroatoms. The number of likely N-dealkylation sites (N-methyl/N-ethyl adjacent to an activating group) is 1. The molecule has 0 aliphatic rings. The zero-order valence-electron chi connectivity index (χ0n) is 6.30. The number of hydrogen-bond acceptors (Lipinski definition) is 3. The molecule has 0 bridgehead atoms. The third-order valence-corrected chi connectivity index (χ3v) is 1.59. The number of halogens is 1. The Labute approximate surface area is 70.5 Å². The van der Waals surface area contributed by atoms with Gasteiger partial charge in [-0.05, 0) is 30.8 Å². The lowest BCUT2D eigenvalue weighted by Crippen LogP contribution is -2.23. The van der Waals surface area contributed by atoms with E-state index in [2.05, 4.69) is 5.32 Å². The third-order valence-electron chi connectivity index (χ3n) is 1.38. The summed E-state index contributed by atoms with van der Waals surface area (Å²) in [6, 6.07) is 3.35. The molecular weight excluding hydrogens is 164 g/mol. The summed E-state index contributed by atoms with van der Waals surface area (Å²) in [6.45, 7) is 0.684. The van der Waals surface area contributed by atoms with Gasteiger partial charge in [0.25, 0.3) is 0 Å². The fourth-order valence-corrected chi connectivity index (χ4v) is 1.00. The van der Waals surface area contributed by atoms with Gasteiger partial charge in [-0.1, -0.05) is 0 Å². The summed E-state index contributed by atoms with van der Waals surface area (Å²) in [5, 5.41) is 3.33. The van der Waals surface area contributed by atoms with Gasteiger partial charge in [-0.25, -0.2) is 0 Å². The van der Waals surface area contributed by atoms with E-state index in [1.807, 2.05) is 7.05 Å². The van der Waals surface area contributed by atoms with E-state index in [0.29, 0.717) is 17.5 Å². The van der Waals surface area contributed by atoms with E-state index in [-0.39, 0.29) is 6.04 Å². The molecule has 1 aromatic rings. The van der Waals surface area contributed by atoms with E-state index in [9.17, 15) is 0 Å². The fraction of sp³-hybridized carbons (Fsp3) is 0.429. The normalized spacial score (nSPS) is 13.4. The standard InChI is InChI=1S/C7H11ClN2O/c1-10-4-5(9)6-2-3-7(8)11-6/h2-3,5,10H,4,9H2,1H3. The van der Waals surface area contributed by atoms with Gasteiger partial charge in [0, 0.05) is 6.54 Å². The predicted molar refractivity (Wildman–Crippen MR) is 44.6 cm³/mol. The molecule has 3 nitrogen and oxygen atoms in total. The van der Waals surface area contributed by atoms with Crippen molar-refractivity contribution in [2.24, 2.45) is 5.73 Å². The first-order valence-corrected chi connectivity index (χ1v) is 3.77. The van der Waals surface area contributed by atoms with Crippen LogP contribution in [0.4, 0.5) is 0 Å². The van der Waals surface area contributed by atoms with Crippen molar-refractivity contribution in [3.63, 3.8) is 0 Å². The summed E-state index contributed by atoms with van der Waals surface area (Å²) in [5.41, 5.74) is 5.70. The molecule has 0 fully saturated rings. The van der Waals surface area contributed by atoms with E-state index in [1.54, 1.807) is 12.1 Å². The van der Waals surface area contributed by atoms with Gasteiger partial charge in [0.1, 0.15) is 5.76 Å². The minimum absolute atomic E-state index is 0.118. The highest BCUT2D eigenvalue weighted by Crippen LogP contribution is 2.17. The zero-order valence-corrected chi connectivity index (χ0v) is 7.06. The van der Waals surface area contributed by atoms with Gasteiger partial charge in [0.05, 0.1) is 6.04 Å². The average Bonchev–Trinajstić information content (AvgIpc) is 2.36. The lowest BCUT2D eigenvalue weighted by molar-refractivity contribution is 0.459. The number of rotatable bonds is 3. The first-order valence-electron chi connectivity index (χ1n) is 3.39. The van der Waals surface area contributed by atoms with Crippen molar-refractivity contribution in [1.29, 1.82) is 0 Å². The fourth-order valence-electron chi connectivity index (χ4n) is 0.848. The number of hydrogen-bond donors (Lipinski definition) is 2. The first-order chi connectivity index (χ1) is 5.24. The van der Waals surface area contributed by atoms with Gasteiger partial charge in [0.15, 0.2) is 5.22 Å². The molecule has 1 atom stereocenters. The highest BCUT2D eigenvalue weighted by molar-refractivity contribution is 6.28. The van der Waals surface area contributed by atoms with Gasteiger partial charge >= 0.3 is 0 Å². The molecule has 1 aromatic heterocycles. The topological polar surface area (TPSA) is 51.2 Å². The SMILES string of the molecule is CNCC(N)c1ccc(Cl)o1. The molecule has 62 valence electrons. The quantitative estimate of drug-likeness (QED) is 0.723. The smallest absolute Gasteiger partial charge is 0.193 e. The molecule has 1 rings (SSSR count). The minimum atomic E-state index is -0.118. The summed E-state index contributed by atoms with van der Waals surface area (Å²) < 4.78 is 5.10. The van der Waals surface area contributed by atoms with Crippen LogP contribution in [0.25, 0.3) is 0 Å². The van der Waals surface area contributed by atoms with E-state index in [1.165, 1.54) is 0 Å². The van der Waals surface area contributed by atoms with Crippen LogP contribution in [-0.4, -0.2) is 13.6 Å². The predicted octanol–water partition coefficient (Wildman–Crippen LogP) is 1.15. The van der Waals surface area contributed by atoms with Crippen molar-refractivity contribution in [2.75, 3.05) is 13.6 Å². The van der Waals surface area contributed by atoms with Crippen LogP contribution in [0.2, 0.25) is 5.22 Å². The Hall–Kier alpha value is -0.510. The van der Waals surface area contributed by atoms with Crippen molar-refractivity contribution in [3.8, 4) is 0 Å². The van der Waals surface area contributed by atoms with E-state index in [4.69, 9.17) is 21.8 Å². The maximum atomic E-state index is 5.70. The molecule has 1 heterocycles. The van der Waals surface area contributed by atoms with Gasteiger partial charge < -0.3 is 15.5 Å². The lowest BCUT2D eigenvalue weighted by Gasteiger charge is -2.05. The summed E-state index contributed by atoms with van der Waals surface area (Å²) in [4.78, 5) is 0. The lowest BCUT2D eigenvalue weighted by atomic mass is 10.2. The molecular formula is C7H11ClN2O. The summed E-state index contributed by atoms with van der Waals surface area (Å²) in [6.07, 6.45) is 0. The molecule has 0 saturated heterocycles.